The van der Waals surface area contributed by atoms with Gasteiger partial charge in [-0.2, -0.15) is 0 Å². The molecule has 1 saturated carbocycles. The van der Waals surface area contributed by atoms with Crippen LogP contribution >= 0.6 is 0 Å². The summed E-state index contributed by atoms with van der Waals surface area (Å²) in [5.41, 5.74) is 6.13. The van der Waals surface area contributed by atoms with Crippen LogP contribution < -0.4 is 15.8 Å². The van der Waals surface area contributed by atoms with E-state index in [9.17, 15) is 9.59 Å². The highest BCUT2D eigenvalue weighted by Crippen LogP contribution is 2.34. The van der Waals surface area contributed by atoms with Gasteiger partial charge in [-0.25, -0.2) is 0 Å². The first kappa shape index (κ1) is 22.6. The first-order valence-electron chi connectivity index (χ1n) is 11.1. The van der Waals surface area contributed by atoms with Crippen molar-refractivity contribution in [3.63, 3.8) is 0 Å². The first-order valence-corrected chi connectivity index (χ1v) is 11.1. The lowest BCUT2D eigenvalue weighted by molar-refractivity contribution is -0.127. The van der Waals surface area contributed by atoms with Crippen LogP contribution in [0.3, 0.4) is 0 Å². The Balaban J connectivity index is 1.80. The minimum absolute atomic E-state index is 0.110. The normalized spacial score (nSPS) is 21.7. The van der Waals surface area contributed by atoms with Crippen molar-refractivity contribution in [3.8, 4) is 5.75 Å². The Kier molecular flexibility index (Phi) is 7.72. The van der Waals surface area contributed by atoms with Gasteiger partial charge in [-0.3, -0.25) is 14.5 Å². The summed E-state index contributed by atoms with van der Waals surface area (Å²) in [6, 6.07) is 7.60. The average molecular weight is 417 g/mol. The number of ether oxygens (including phenoxy) is 1. The molecule has 2 fully saturated rings. The van der Waals surface area contributed by atoms with E-state index in [0.717, 1.165) is 13.0 Å². The summed E-state index contributed by atoms with van der Waals surface area (Å²) in [4.78, 5) is 30.6. The van der Waals surface area contributed by atoms with Crippen LogP contribution in [0, 0.1) is 5.92 Å². The number of methoxy groups -OCH3 is 1. The molecule has 1 aliphatic carbocycles. The first-order chi connectivity index (χ1) is 14.4. The topological polar surface area (TPSA) is 87.9 Å². The molecule has 3 rings (SSSR count). The van der Waals surface area contributed by atoms with Crippen LogP contribution in [0.15, 0.2) is 24.3 Å². The van der Waals surface area contributed by atoms with Crippen molar-refractivity contribution in [1.82, 2.24) is 15.1 Å². The minimum Gasteiger partial charge on any atom is -0.497 e. The molecular weight excluding hydrogens is 380 g/mol. The van der Waals surface area contributed by atoms with E-state index >= 15 is 0 Å². The van der Waals surface area contributed by atoms with Crippen molar-refractivity contribution < 1.29 is 14.3 Å². The van der Waals surface area contributed by atoms with E-state index in [1.54, 1.807) is 30.2 Å². The Bertz CT molecular complexity index is 735. The predicted octanol–water partition coefficient (Wildman–Crippen LogP) is 1.86. The van der Waals surface area contributed by atoms with Crippen LogP contribution in [0.4, 0.5) is 0 Å². The van der Waals surface area contributed by atoms with Crippen LogP contribution in [0.2, 0.25) is 0 Å². The monoisotopic (exact) mass is 416 g/mol. The molecule has 1 aliphatic heterocycles. The van der Waals surface area contributed by atoms with E-state index in [0.29, 0.717) is 55.4 Å². The highest BCUT2D eigenvalue weighted by atomic mass is 16.5. The number of carbonyl (C=O) groups excluding carboxylic acids is 2. The molecule has 0 spiro atoms. The van der Waals surface area contributed by atoms with Crippen molar-refractivity contribution in [2.75, 3.05) is 33.3 Å². The number of benzene rings is 1. The number of nitrogens with zero attached hydrogens (tertiary/aromatic N) is 2. The van der Waals surface area contributed by atoms with Gasteiger partial charge < -0.3 is 20.7 Å². The molecule has 3 N–H and O–H groups in total. The lowest BCUT2D eigenvalue weighted by atomic mass is 9.93. The molecule has 1 unspecified atom stereocenters. The van der Waals surface area contributed by atoms with Gasteiger partial charge >= 0.3 is 0 Å². The fraction of sp³-hybridized carbons (Fsp3) is 0.652. The van der Waals surface area contributed by atoms with Crippen LogP contribution in [0.25, 0.3) is 0 Å². The Labute approximate surface area is 179 Å². The second-order valence-electron chi connectivity index (χ2n) is 8.83. The molecule has 0 radical (unpaired) electrons. The molecule has 2 aliphatic rings. The highest BCUT2D eigenvalue weighted by Gasteiger charge is 2.42. The van der Waals surface area contributed by atoms with Crippen molar-refractivity contribution in [3.05, 3.63) is 29.8 Å². The standard InChI is InChI=1S/C23H36N4O3/c1-16(2)15-27(18-7-8-18)19-9-12-26(21(14-19)22(28)25-11-10-24)23(29)17-5-4-6-20(13-17)30-3/h4-6,13,16,18-19,21H,7-12,14-15,24H2,1-3H3,(H,25,28)/t19?,21-/m1/s1. The fourth-order valence-electron chi connectivity index (χ4n) is 4.40. The lowest BCUT2D eigenvalue weighted by Gasteiger charge is -2.43. The number of piperidine rings is 1. The summed E-state index contributed by atoms with van der Waals surface area (Å²) in [7, 11) is 1.58. The van der Waals surface area contributed by atoms with Crippen molar-refractivity contribution in [2.24, 2.45) is 11.7 Å². The number of amides is 2. The Morgan fingerprint density at radius 3 is 2.67 bits per heavy atom. The molecule has 30 heavy (non-hydrogen) atoms. The highest BCUT2D eigenvalue weighted by molar-refractivity contribution is 5.98. The van der Waals surface area contributed by atoms with E-state index in [1.807, 2.05) is 6.07 Å². The summed E-state index contributed by atoms with van der Waals surface area (Å²) in [6.07, 6.45) is 4.02. The van der Waals surface area contributed by atoms with Gasteiger partial charge in [0.15, 0.2) is 0 Å². The maximum Gasteiger partial charge on any atom is 0.254 e. The fourth-order valence-corrected chi connectivity index (χ4v) is 4.40. The van der Waals surface area contributed by atoms with Crippen LogP contribution in [0.1, 0.15) is 49.9 Å². The second-order valence-corrected chi connectivity index (χ2v) is 8.83. The zero-order chi connectivity index (χ0) is 21.7. The van der Waals surface area contributed by atoms with Crippen LogP contribution in [-0.2, 0) is 4.79 Å². The number of hydrogen-bond donors (Lipinski definition) is 2. The van der Waals surface area contributed by atoms with Crippen LogP contribution in [-0.4, -0.2) is 73.0 Å². The molecule has 1 saturated heterocycles. The second kappa shape index (κ2) is 10.3. The number of nitrogens with two attached hydrogens (primary N) is 1. The molecule has 2 atom stereocenters. The zero-order valence-corrected chi connectivity index (χ0v) is 18.5. The summed E-state index contributed by atoms with van der Waals surface area (Å²) < 4.78 is 5.27. The molecule has 2 amide bonds. The van der Waals surface area contributed by atoms with Crippen molar-refractivity contribution >= 4 is 11.8 Å². The number of hydrogen-bond acceptors (Lipinski definition) is 5. The molecule has 1 heterocycles. The molecule has 7 heteroatoms. The summed E-state index contributed by atoms with van der Waals surface area (Å²) in [5.74, 6) is 0.979. The third-order valence-electron chi connectivity index (χ3n) is 5.96. The van der Waals surface area contributed by atoms with Crippen molar-refractivity contribution in [2.45, 2.75) is 57.7 Å². The van der Waals surface area contributed by atoms with E-state index in [4.69, 9.17) is 10.5 Å². The zero-order valence-electron chi connectivity index (χ0n) is 18.5. The third kappa shape index (κ3) is 5.52. The SMILES string of the molecule is COc1cccc(C(=O)N2CCC(N(CC(C)C)C3CC3)C[C@@H]2C(=O)NCCN)c1. The van der Waals surface area contributed by atoms with Gasteiger partial charge in [-0.1, -0.05) is 19.9 Å². The van der Waals surface area contributed by atoms with Gasteiger partial charge in [0.05, 0.1) is 7.11 Å². The molecule has 0 bridgehead atoms. The lowest BCUT2D eigenvalue weighted by Crippen LogP contribution is -2.58. The smallest absolute Gasteiger partial charge is 0.254 e. The Hall–Kier alpha value is -2.12. The van der Waals surface area contributed by atoms with Crippen molar-refractivity contribution in [1.29, 1.82) is 0 Å². The van der Waals surface area contributed by atoms with E-state index in [1.165, 1.54) is 12.8 Å². The van der Waals surface area contributed by atoms with E-state index < -0.39 is 6.04 Å². The maximum atomic E-state index is 13.3. The van der Waals surface area contributed by atoms with Gasteiger partial charge in [0.25, 0.3) is 5.91 Å². The summed E-state index contributed by atoms with van der Waals surface area (Å²) in [5, 5.41) is 2.91. The van der Waals surface area contributed by atoms with Gasteiger partial charge in [0.2, 0.25) is 5.91 Å². The average Bonchev–Trinajstić information content (AvgIpc) is 3.60. The molecule has 7 nitrogen and oxygen atoms in total. The van der Waals surface area contributed by atoms with E-state index in [2.05, 4.69) is 24.1 Å². The number of nitrogens with one attached hydrogen (secondary N) is 1. The van der Waals surface area contributed by atoms with Gasteiger partial charge in [-0.05, 0) is 49.8 Å². The third-order valence-corrected chi connectivity index (χ3v) is 5.96. The molecule has 1 aromatic rings. The molecular formula is C23H36N4O3. The number of carbonyl (C=O) groups is 2. The quantitative estimate of drug-likeness (QED) is 0.642. The van der Waals surface area contributed by atoms with Gasteiger partial charge in [0.1, 0.15) is 11.8 Å². The number of rotatable bonds is 9. The maximum absolute atomic E-state index is 13.3. The minimum atomic E-state index is -0.484. The molecule has 166 valence electrons. The largest absolute Gasteiger partial charge is 0.497 e. The number of likely N-dealkylation sites (tertiary alicyclic amines) is 1. The Morgan fingerprint density at radius 2 is 2.03 bits per heavy atom. The summed E-state index contributed by atoms with van der Waals surface area (Å²) >= 11 is 0. The predicted molar refractivity (Wildman–Crippen MR) is 117 cm³/mol. The van der Waals surface area contributed by atoms with Gasteiger partial charge in [0, 0.05) is 43.8 Å². The van der Waals surface area contributed by atoms with Crippen LogP contribution in [0.5, 0.6) is 5.75 Å². The Morgan fingerprint density at radius 1 is 1.27 bits per heavy atom. The molecule has 1 aromatic carbocycles. The summed E-state index contributed by atoms with van der Waals surface area (Å²) in [6.45, 7) is 6.89. The van der Waals surface area contributed by atoms with Gasteiger partial charge in [-0.15, -0.1) is 0 Å². The van der Waals surface area contributed by atoms with E-state index in [-0.39, 0.29) is 11.8 Å². The molecule has 0 aromatic heterocycles.